The molecule has 0 aliphatic carbocycles. The van der Waals surface area contributed by atoms with Crippen LogP contribution in [0.2, 0.25) is 0 Å². The Labute approximate surface area is 189 Å². The minimum Gasteiger partial charge on any atom is -0.356 e. The number of hydrogen-bond acceptors (Lipinski definition) is 6. The maximum Gasteiger partial charge on any atom is 0.227 e. The van der Waals surface area contributed by atoms with Crippen LogP contribution in [0.5, 0.6) is 0 Å². The molecular formula is C24H32N6O2. The fraction of sp³-hybridized carbons (Fsp3) is 0.500. The van der Waals surface area contributed by atoms with E-state index in [1.165, 1.54) is 18.4 Å². The van der Waals surface area contributed by atoms with Gasteiger partial charge in [0.2, 0.25) is 17.8 Å². The van der Waals surface area contributed by atoms with Gasteiger partial charge in [0.05, 0.1) is 5.92 Å². The minimum atomic E-state index is -0.332. The van der Waals surface area contributed by atoms with Gasteiger partial charge >= 0.3 is 0 Å². The zero-order valence-corrected chi connectivity index (χ0v) is 19.1. The molecule has 8 nitrogen and oxygen atoms in total. The number of rotatable bonds is 7. The summed E-state index contributed by atoms with van der Waals surface area (Å²) in [6.07, 6.45) is 2.64. The summed E-state index contributed by atoms with van der Waals surface area (Å²) in [5.41, 5.74) is 4.11. The summed E-state index contributed by atoms with van der Waals surface area (Å²) >= 11 is 0. The van der Waals surface area contributed by atoms with E-state index >= 15 is 0 Å². The number of hydrogen-bond donors (Lipinski definition) is 2. The Bertz CT molecular complexity index is 1000. The summed E-state index contributed by atoms with van der Waals surface area (Å²) in [6.45, 7) is 9.50. The normalized spacial score (nSPS) is 18.3. The molecule has 1 aromatic carbocycles. The number of carbonyl (C=O) groups excluding carboxylic acids is 2. The van der Waals surface area contributed by atoms with Crippen LogP contribution in [-0.2, 0) is 9.59 Å². The molecule has 0 saturated carbocycles. The largest absolute Gasteiger partial charge is 0.356 e. The zero-order valence-electron chi connectivity index (χ0n) is 19.1. The second kappa shape index (κ2) is 9.54. The highest BCUT2D eigenvalue weighted by Crippen LogP contribution is 2.27. The lowest BCUT2D eigenvalue weighted by molar-refractivity contribution is -0.126. The van der Waals surface area contributed by atoms with Crippen molar-refractivity contribution in [3.8, 4) is 0 Å². The maximum atomic E-state index is 12.6. The fourth-order valence-corrected chi connectivity index (χ4v) is 4.27. The van der Waals surface area contributed by atoms with Gasteiger partial charge in [-0.05, 0) is 56.9 Å². The molecule has 0 bridgehead atoms. The van der Waals surface area contributed by atoms with Gasteiger partial charge < -0.3 is 20.4 Å². The van der Waals surface area contributed by atoms with E-state index in [1.54, 1.807) is 4.90 Å². The van der Waals surface area contributed by atoms with Crippen LogP contribution in [0, 0.1) is 26.7 Å². The number of aromatic nitrogens is 2. The van der Waals surface area contributed by atoms with Crippen molar-refractivity contribution >= 4 is 29.3 Å². The van der Waals surface area contributed by atoms with Crippen molar-refractivity contribution in [2.45, 2.75) is 40.0 Å². The molecule has 1 atom stereocenters. The molecule has 2 aromatic rings. The third-order valence-corrected chi connectivity index (χ3v) is 6.28. The van der Waals surface area contributed by atoms with Crippen molar-refractivity contribution < 1.29 is 9.59 Å². The lowest BCUT2D eigenvalue weighted by Crippen LogP contribution is -2.35. The Balaban J connectivity index is 1.26. The lowest BCUT2D eigenvalue weighted by atomic mass is 10.1. The van der Waals surface area contributed by atoms with E-state index in [9.17, 15) is 9.59 Å². The number of amides is 2. The van der Waals surface area contributed by atoms with Crippen molar-refractivity contribution in [3.63, 3.8) is 0 Å². The van der Waals surface area contributed by atoms with E-state index in [1.807, 2.05) is 45.0 Å². The van der Waals surface area contributed by atoms with E-state index in [-0.39, 0.29) is 24.2 Å². The molecule has 1 aromatic heterocycles. The standard InChI is InChI=1S/C24H32N6O2/c1-16-6-7-20(12-17(16)2)30-15-19(14-22(30)31)23(32)25-8-9-26-24-27-18(3)13-21(28-24)29-10-4-5-11-29/h6-7,12-13,19H,4-5,8-11,14-15H2,1-3H3,(H,25,32)(H,26,27,28). The van der Waals surface area contributed by atoms with Gasteiger partial charge in [-0.15, -0.1) is 0 Å². The van der Waals surface area contributed by atoms with Gasteiger partial charge in [0, 0.05) is 56.6 Å². The van der Waals surface area contributed by atoms with E-state index in [0.29, 0.717) is 25.6 Å². The summed E-state index contributed by atoms with van der Waals surface area (Å²) in [4.78, 5) is 38.2. The number of benzene rings is 1. The second-order valence-electron chi connectivity index (χ2n) is 8.78. The number of aryl methyl sites for hydroxylation is 3. The molecule has 2 aliphatic rings. The van der Waals surface area contributed by atoms with Gasteiger partial charge in [0.15, 0.2) is 0 Å². The van der Waals surface area contributed by atoms with Crippen LogP contribution in [0.25, 0.3) is 0 Å². The SMILES string of the molecule is Cc1cc(N2CCCC2)nc(NCCNC(=O)C2CC(=O)N(c3ccc(C)c(C)c3)C2)n1. The van der Waals surface area contributed by atoms with Crippen LogP contribution < -0.4 is 20.4 Å². The van der Waals surface area contributed by atoms with Gasteiger partial charge in [0.25, 0.3) is 0 Å². The third kappa shape index (κ3) is 5.00. The molecule has 4 rings (SSSR count). The van der Waals surface area contributed by atoms with Crippen molar-refractivity contribution in [3.05, 3.63) is 41.1 Å². The van der Waals surface area contributed by atoms with Gasteiger partial charge in [-0.2, -0.15) is 4.98 Å². The van der Waals surface area contributed by atoms with Crippen molar-refractivity contribution in [2.75, 3.05) is 47.8 Å². The highest BCUT2D eigenvalue weighted by molar-refractivity contribution is 6.00. The predicted molar refractivity (Wildman–Crippen MR) is 126 cm³/mol. The molecule has 8 heteroatoms. The quantitative estimate of drug-likeness (QED) is 0.649. The Hall–Kier alpha value is -3.16. The van der Waals surface area contributed by atoms with Gasteiger partial charge in [-0.25, -0.2) is 4.98 Å². The van der Waals surface area contributed by atoms with Gasteiger partial charge in [-0.3, -0.25) is 9.59 Å². The summed E-state index contributed by atoms with van der Waals surface area (Å²) in [7, 11) is 0. The maximum absolute atomic E-state index is 12.6. The minimum absolute atomic E-state index is 0.00543. The molecule has 3 heterocycles. The van der Waals surface area contributed by atoms with Crippen LogP contribution in [0.4, 0.5) is 17.5 Å². The molecule has 0 radical (unpaired) electrons. The molecule has 170 valence electrons. The highest BCUT2D eigenvalue weighted by Gasteiger charge is 2.35. The Kier molecular flexibility index (Phi) is 6.58. The first-order valence-electron chi connectivity index (χ1n) is 11.4. The Morgan fingerprint density at radius 2 is 1.84 bits per heavy atom. The van der Waals surface area contributed by atoms with Crippen molar-refractivity contribution in [2.24, 2.45) is 5.92 Å². The van der Waals surface area contributed by atoms with Crippen LogP contribution >= 0.6 is 0 Å². The first kappa shape index (κ1) is 22.0. The molecule has 1 unspecified atom stereocenters. The van der Waals surface area contributed by atoms with E-state index in [2.05, 4.69) is 25.5 Å². The summed E-state index contributed by atoms with van der Waals surface area (Å²) < 4.78 is 0. The Morgan fingerprint density at radius 1 is 1.06 bits per heavy atom. The molecule has 0 spiro atoms. The van der Waals surface area contributed by atoms with Crippen LogP contribution in [0.15, 0.2) is 24.3 Å². The number of nitrogens with one attached hydrogen (secondary N) is 2. The summed E-state index contributed by atoms with van der Waals surface area (Å²) in [5.74, 6) is 1.11. The average molecular weight is 437 g/mol. The van der Waals surface area contributed by atoms with E-state index < -0.39 is 0 Å². The first-order valence-corrected chi connectivity index (χ1v) is 11.4. The van der Waals surface area contributed by atoms with E-state index in [4.69, 9.17) is 0 Å². The van der Waals surface area contributed by atoms with Gasteiger partial charge in [0.1, 0.15) is 5.82 Å². The first-order chi connectivity index (χ1) is 15.4. The molecule has 2 N–H and O–H groups in total. The zero-order chi connectivity index (χ0) is 22.7. The van der Waals surface area contributed by atoms with Gasteiger partial charge in [-0.1, -0.05) is 6.07 Å². The van der Waals surface area contributed by atoms with Crippen LogP contribution in [-0.4, -0.2) is 54.5 Å². The number of anilines is 3. The fourth-order valence-electron chi connectivity index (χ4n) is 4.27. The summed E-state index contributed by atoms with van der Waals surface area (Å²) in [5, 5.41) is 6.16. The summed E-state index contributed by atoms with van der Waals surface area (Å²) in [6, 6.07) is 7.98. The monoisotopic (exact) mass is 436 g/mol. The molecule has 2 amide bonds. The topological polar surface area (TPSA) is 90.5 Å². The average Bonchev–Trinajstić information content (AvgIpc) is 3.43. The lowest BCUT2D eigenvalue weighted by Gasteiger charge is -2.18. The Morgan fingerprint density at radius 3 is 2.59 bits per heavy atom. The molecule has 2 aliphatic heterocycles. The van der Waals surface area contributed by atoms with Crippen molar-refractivity contribution in [1.29, 1.82) is 0 Å². The molecule has 32 heavy (non-hydrogen) atoms. The highest BCUT2D eigenvalue weighted by atomic mass is 16.2. The van der Waals surface area contributed by atoms with Crippen molar-refractivity contribution in [1.82, 2.24) is 15.3 Å². The van der Waals surface area contributed by atoms with Crippen LogP contribution in [0.3, 0.4) is 0 Å². The smallest absolute Gasteiger partial charge is 0.227 e. The number of carbonyl (C=O) groups is 2. The second-order valence-corrected chi connectivity index (χ2v) is 8.78. The molecule has 2 fully saturated rings. The molecular weight excluding hydrogens is 404 g/mol. The van der Waals surface area contributed by atoms with Crippen LogP contribution in [0.1, 0.15) is 36.1 Å². The van der Waals surface area contributed by atoms with E-state index in [0.717, 1.165) is 35.9 Å². The molecule has 2 saturated heterocycles. The third-order valence-electron chi connectivity index (χ3n) is 6.28. The number of nitrogens with zero attached hydrogens (tertiary/aromatic N) is 4. The predicted octanol–water partition coefficient (Wildman–Crippen LogP) is 2.58.